The maximum absolute atomic E-state index is 13.5. The summed E-state index contributed by atoms with van der Waals surface area (Å²) in [6, 6.07) is 0. The van der Waals surface area contributed by atoms with Crippen molar-refractivity contribution in [2.75, 3.05) is 24.7 Å². The van der Waals surface area contributed by atoms with E-state index in [1.807, 2.05) is 4.98 Å². The number of unbranched alkanes of at least 4 members (excludes halogenated alkanes) is 9. The zero-order valence-corrected chi connectivity index (χ0v) is 26.5. The Balaban J connectivity index is 1.12. The molecule has 2 aliphatic rings. The first-order chi connectivity index (χ1) is 20.2. The zero-order chi connectivity index (χ0) is 30.2. The number of rotatable bonds is 21. The van der Waals surface area contributed by atoms with Gasteiger partial charge < -0.3 is 14.7 Å². The molecule has 1 aromatic heterocycles. The van der Waals surface area contributed by atoms with Crippen LogP contribution < -0.4 is 11.2 Å². The molecule has 0 amide bonds. The number of thioether (sulfide) groups is 1. The SMILES string of the molecule is O=c1[nH]c(=O)n([C@H]2C[C@H](O)[C@@H](COP(=O)(O)OCCSCCCCCCCCCCCCC3CCCCC3)O2)cc1F. The summed E-state index contributed by atoms with van der Waals surface area (Å²) in [5.74, 6) is 1.37. The van der Waals surface area contributed by atoms with Crippen molar-refractivity contribution in [1.82, 2.24) is 9.55 Å². The molecular formula is C29H50FN2O8PS. The predicted molar refractivity (Wildman–Crippen MR) is 162 cm³/mol. The fourth-order valence-electron chi connectivity index (χ4n) is 5.76. The van der Waals surface area contributed by atoms with Gasteiger partial charge in [-0.05, 0) is 18.1 Å². The molecule has 0 spiro atoms. The van der Waals surface area contributed by atoms with Crippen molar-refractivity contribution in [3.05, 3.63) is 32.9 Å². The van der Waals surface area contributed by atoms with Crippen LogP contribution in [0.3, 0.4) is 0 Å². The van der Waals surface area contributed by atoms with Crippen molar-refractivity contribution in [1.29, 1.82) is 0 Å². The van der Waals surface area contributed by atoms with Crippen LogP contribution in [0, 0.1) is 11.7 Å². The van der Waals surface area contributed by atoms with Gasteiger partial charge in [0.05, 0.1) is 25.5 Å². The molecule has 3 N–H and O–H groups in total. The minimum atomic E-state index is -4.36. The lowest BCUT2D eigenvalue weighted by atomic mass is 9.85. The van der Waals surface area contributed by atoms with Gasteiger partial charge in [-0.25, -0.2) is 9.36 Å². The number of hydrogen-bond donors (Lipinski definition) is 3. The molecule has 4 atom stereocenters. The first-order valence-corrected chi connectivity index (χ1v) is 18.4. The average molecular weight is 637 g/mol. The van der Waals surface area contributed by atoms with Gasteiger partial charge in [-0.1, -0.05) is 96.3 Å². The third-order valence-corrected chi connectivity index (χ3v) is 10.2. The number of phosphoric acid groups is 1. The number of aromatic nitrogens is 2. The van der Waals surface area contributed by atoms with Crippen LogP contribution >= 0.6 is 19.6 Å². The molecule has 0 bridgehead atoms. The van der Waals surface area contributed by atoms with E-state index in [9.17, 15) is 28.5 Å². The van der Waals surface area contributed by atoms with E-state index in [4.69, 9.17) is 13.8 Å². The molecule has 1 aliphatic heterocycles. The number of aliphatic hydroxyl groups is 1. The Bertz CT molecular complexity index is 1070. The van der Waals surface area contributed by atoms with Gasteiger partial charge >= 0.3 is 13.5 Å². The average Bonchev–Trinajstić information content (AvgIpc) is 3.34. The molecule has 1 saturated heterocycles. The van der Waals surface area contributed by atoms with E-state index in [2.05, 4.69) is 0 Å². The van der Waals surface area contributed by atoms with Crippen molar-refractivity contribution < 1.29 is 32.7 Å². The van der Waals surface area contributed by atoms with Gasteiger partial charge in [-0.15, -0.1) is 0 Å². The molecule has 1 saturated carbocycles. The molecule has 242 valence electrons. The van der Waals surface area contributed by atoms with E-state index in [0.717, 1.165) is 22.7 Å². The number of nitrogens with zero attached hydrogens (tertiary/aromatic N) is 1. The first kappa shape index (κ1) is 35.5. The van der Waals surface area contributed by atoms with Crippen LogP contribution in [0.25, 0.3) is 0 Å². The fraction of sp³-hybridized carbons (Fsp3) is 0.862. The number of hydrogen-bond acceptors (Lipinski definition) is 8. The number of nitrogens with one attached hydrogen (secondary N) is 1. The van der Waals surface area contributed by atoms with Gasteiger partial charge in [-0.3, -0.25) is 23.4 Å². The second-order valence-corrected chi connectivity index (χ2v) is 14.3. The van der Waals surface area contributed by atoms with Gasteiger partial charge in [0.15, 0.2) is 0 Å². The van der Waals surface area contributed by atoms with E-state index >= 15 is 0 Å². The minimum absolute atomic E-state index is 0.0435. The fourth-order valence-corrected chi connectivity index (χ4v) is 7.43. The molecular weight excluding hydrogens is 586 g/mol. The summed E-state index contributed by atoms with van der Waals surface area (Å²) in [5.41, 5.74) is -2.05. The molecule has 1 aromatic rings. The number of halogens is 1. The highest BCUT2D eigenvalue weighted by Gasteiger charge is 2.37. The molecule has 2 heterocycles. The van der Waals surface area contributed by atoms with Crippen LogP contribution in [0.4, 0.5) is 4.39 Å². The Morgan fingerprint density at radius 2 is 1.62 bits per heavy atom. The van der Waals surface area contributed by atoms with E-state index in [0.29, 0.717) is 11.9 Å². The van der Waals surface area contributed by atoms with E-state index < -0.39 is 49.9 Å². The van der Waals surface area contributed by atoms with Crippen LogP contribution in [0.2, 0.25) is 0 Å². The summed E-state index contributed by atoms with van der Waals surface area (Å²) in [7, 11) is -4.36. The smallest absolute Gasteiger partial charge is 0.390 e. The molecule has 1 aliphatic carbocycles. The highest BCUT2D eigenvalue weighted by atomic mass is 32.2. The van der Waals surface area contributed by atoms with Crippen LogP contribution in [0.15, 0.2) is 15.8 Å². The quantitative estimate of drug-likeness (QED) is 0.108. The minimum Gasteiger partial charge on any atom is -0.390 e. The highest BCUT2D eigenvalue weighted by Crippen LogP contribution is 2.44. The van der Waals surface area contributed by atoms with Gasteiger partial charge in [0.2, 0.25) is 5.82 Å². The summed E-state index contributed by atoms with van der Waals surface area (Å²) in [6.45, 7) is -0.415. The molecule has 0 radical (unpaired) electrons. The van der Waals surface area contributed by atoms with Crippen LogP contribution in [0.5, 0.6) is 0 Å². The van der Waals surface area contributed by atoms with Crippen LogP contribution in [-0.4, -0.2) is 56.5 Å². The number of phosphoric ester groups is 1. The molecule has 13 heteroatoms. The summed E-state index contributed by atoms with van der Waals surface area (Å²) >= 11 is 1.66. The van der Waals surface area contributed by atoms with Crippen molar-refractivity contribution in [2.24, 2.45) is 5.92 Å². The highest BCUT2D eigenvalue weighted by molar-refractivity contribution is 7.99. The molecule has 1 unspecified atom stereocenters. The zero-order valence-electron chi connectivity index (χ0n) is 24.8. The second kappa shape index (κ2) is 19.4. The molecule has 2 fully saturated rings. The topological polar surface area (TPSA) is 140 Å². The lowest BCUT2D eigenvalue weighted by Crippen LogP contribution is -2.34. The Hall–Kier alpha value is -1.01. The normalized spacial score (nSPS) is 22.9. The molecule has 0 aromatic carbocycles. The van der Waals surface area contributed by atoms with Gasteiger partial charge in [0, 0.05) is 12.2 Å². The van der Waals surface area contributed by atoms with Gasteiger partial charge in [0.25, 0.3) is 5.56 Å². The van der Waals surface area contributed by atoms with Gasteiger partial charge in [0.1, 0.15) is 12.3 Å². The number of ether oxygens (including phenoxy) is 1. The van der Waals surface area contributed by atoms with E-state index in [1.54, 1.807) is 11.8 Å². The van der Waals surface area contributed by atoms with Crippen molar-refractivity contribution in [3.63, 3.8) is 0 Å². The van der Waals surface area contributed by atoms with Crippen molar-refractivity contribution in [2.45, 2.75) is 128 Å². The Morgan fingerprint density at radius 3 is 2.31 bits per heavy atom. The standard InChI is InChI=1S/C29H50FN2O8PS/c30-24-21-32(29(35)31-28(24)34)27-20-25(33)26(40-27)22-39-41(36,37)38-17-19-42-18-13-8-6-4-2-1-3-5-7-10-14-23-15-11-9-12-16-23/h21,23,25-27,33H,1-20,22H2,(H,36,37)(H,31,34,35)/t25-,26+,27+/m0/s1. The molecule has 10 nitrogen and oxygen atoms in total. The Kier molecular flexibility index (Phi) is 16.4. The number of aliphatic hydroxyl groups excluding tert-OH is 1. The van der Waals surface area contributed by atoms with E-state index in [1.165, 1.54) is 96.3 Å². The van der Waals surface area contributed by atoms with Gasteiger partial charge in [-0.2, -0.15) is 16.2 Å². The number of H-pyrrole nitrogens is 1. The summed E-state index contributed by atoms with van der Waals surface area (Å²) in [6.07, 6.45) is 19.2. The van der Waals surface area contributed by atoms with Crippen molar-refractivity contribution in [3.8, 4) is 0 Å². The van der Waals surface area contributed by atoms with Crippen LogP contribution in [-0.2, 0) is 18.3 Å². The largest absolute Gasteiger partial charge is 0.472 e. The maximum Gasteiger partial charge on any atom is 0.472 e. The predicted octanol–water partition coefficient (Wildman–Crippen LogP) is 6.06. The molecule has 3 rings (SSSR count). The van der Waals surface area contributed by atoms with E-state index in [-0.39, 0.29) is 13.0 Å². The molecule has 42 heavy (non-hydrogen) atoms. The maximum atomic E-state index is 13.5. The second-order valence-electron chi connectivity index (χ2n) is 11.6. The van der Waals surface area contributed by atoms with Crippen LogP contribution in [0.1, 0.15) is 115 Å². The summed E-state index contributed by atoms with van der Waals surface area (Å²) < 4.78 is 42.0. The van der Waals surface area contributed by atoms with Crippen molar-refractivity contribution >= 4 is 19.6 Å². The monoisotopic (exact) mass is 636 g/mol. The Morgan fingerprint density at radius 1 is 0.976 bits per heavy atom. The summed E-state index contributed by atoms with van der Waals surface area (Å²) in [5, 5.41) is 10.2. The lowest BCUT2D eigenvalue weighted by molar-refractivity contribution is -0.0465. The third-order valence-electron chi connectivity index (χ3n) is 8.20. The Labute approximate surface area is 252 Å². The summed E-state index contributed by atoms with van der Waals surface area (Å²) in [4.78, 5) is 34.9. The first-order valence-electron chi connectivity index (χ1n) is 15.8. The third kappa shape index (κ3) is 13.3. The lowest BCUT2D eigenvalue weighted by Gasteiger charge is -2.21. The number of aromatic amines is 1.